The summed E-state index contributed by atoms with van der Waals surface area (Å²) in [7, 11) is 0. The molecule has 0 bridgehead atoms. The number of hydrogen-bond donors (Lipinski definition) is 2. The Bertz CT molecular complexity index is 479. The molecule has 0 radical (unpaired) electrons. The minimum Gasteiger partial charge on any atom is -0.382 e. The Balaban J connectivity index is 1.87. The van der Waals surface area contributed by atoms with Gasteiger partial charge in [0.15, 0.2) is 6.29 Å². The summed E-state index contributed by atoms with van der Waals surface area (Å²) >= 11 is 1.53. The second-order valence-corrected chi connectivity index (χ2v) is 7.25. The van der Waals surface area contributed by atoms with Gasteiger partial charge in [-0.05, 0) is 31.4 Å². The van der Waals surface area contributed by atoms with Crippen LogP contribution in [0.3, 0.4) is 0 Å². The third-order valence-corrected chi connectivity index (χ3v) is 5.26. The van der Waals surface area contributed by atoms with Crippen molar-refractivity contribution in [3.63, 3.8) is 0 Å². The van der Waals surface area contributed by atoms with Crippen LogP contribution in [0.15, 0.2) is 35.2 Å². The van der Waals surface area contributed by atoms with Gasteiger partial charge in [-0.3, -0.25) is 4.79 Å². The molecule has 134 valence electrons. The van der Waals surface area contributed by atoms with E-state index in [-0.39, 0.29) is 5.25 Å². The maximum absolute atomic E-state index is 12.2. The van der Waals surface area contributed by atoms with E-state index in [1.165, 1.54) is 11.8 Å². The molecule has 5 nitrogen and oxygen atoms in total. The van der Waals surface area contributed by atoms with Crippen molar-refractivity contribution in [2.24, 2.45) is 0 Å². The normalized spacial score (nSPS) is 20.3. The second-order valence-electron chi connectivity index (χ2n) is 5.94. The van der Waals surface area contributed by atoms with Crippen LogP contribution in [0.2, 0.25) is 0 Å². The molecule has 1 aromatic carbocycles. The van der Waals surface area contributed by atoms with E-state index in [9.17, 15) is 9.90 Å². The van der Waals surface area contributed by atoms with Crippen molar-refractivity contribution >= 4 is 17.7 Å². The van der Waals surface area contributed by atoms with E-state index in [0.717, 1.165) is 43.4 Å². The predicted molar refractivity (Wildman–Crippen MR) is 94.4 cm³/mol. The van der Waals surface area contributed by atoms with Crippen molar-refractivity contribution < 1.29 is 19.5 Å². The lowest BCUT2D eigenvalue weighted by molar-refractivity contribution is -0.203. The first-order valence-electron chi connectivity index (χ1n) is 8.67. The lowest BCUT2D eigenvalue weighted by Crippen LogP contribution is -2.43. The summed E-state index contributed by atoms with van der Waals surface area (Å²) in [6.45, 7) is 2.74. The molecule has 1 saturated heterocycles. The van der Waals surface area contributed by atoms with Gasteiger partial charge in [0.2, 0.25) is 0 Å². The first-order valence-corrected chi connectivity index (χ1v) is 9.55. The fourth-order valence-corrected chi connectivity index (χ4v) is 3.72. The van der Waals surface area contributed by atoms with Gasteiger partial charge in [-0.25, -0.2) is 10.3 Å². The monoisotopic (exact) mass is 353 g/mol. The molecule has 0 spiro atoms. The third kappa shape index (κ3) is 6.43. The molecule has 1 heterocycles. The van der Waals surface area contributed by atoms with E-state index in [0.29, 0.717) is 6.61 Å². The molecule has 1 fully saturated rings. The van der Waals surface area contributed by atoms with Crippen LogP contribution in [-0.4, -0.2) is 35.3 Å². The summed E-state index contributed by atoms with van der Waals surface area (Å²) in [6.07, 6.45) is 4.01. The minimum absolute atomic E-state index is 0.205. The standard InChI is InChI=1S/C18H27NO4S/c1-2-3-11-15(24-14-9-5-4-6-10-14)17(20)18(21)19-23-16-12-7-8-13-22-16/h4-6,9-10,15-17,20H,2-3,7-8,11-13H2,1H3,(H,19,21)/t15-,16?,17-/m1/s1. The van der Waals surface area contributed by atoms with Crippen molar-refractivity contribution in [1.29, 1.82) is 0 Å². The first kappa shape index (κ1) is 19.2. The third-order valence-electron chi connectivity index (χ3n) is 3.92. The van der Waals surface area contributed by atoms with Gasteiger partial charge in [0, 0.05) is 23.2 Å². The van der Waals surface area contributed by atoms with Crippen molar-refractivity contribution in [1.82, 2.24) is 5.48 Å². The summed E-state index contributed by atoms with van der Waals surface area (Å²) in [5.74, 6) is -0.506. The Kier molecular flexibility index (Phi) is 8.59. The lowest BCUT2D eigenvalue weighted by Gasteiger charge is -2.25. The van der Waals surface area contributed by atoms with E-state index >= 15 is 0 Å². The van der Waals surface area contributed by atoms with Gasteiger partial charge >= 0.3 is 0 Å². The lowest BCUT2D eigenvalue weighted by atomic mass is 10.1. The number of unbranched alkanes of at least 4 members (excludes halogenated alkanes) is 1. The molecule has 3 atom stereocenters. The number of aliphatic hydroxyl groups excluding tert-OH is 1. The van der Waals surface area contributed by atoms with E-state index < -0.39 is 18.3 Å². The predicted octanol–water partition coefficient (Wildman–Crippen LogP) is 3.27. The number of carbonyl (C=O) groups excluding carboxylic acids is 1. The number of rotatable bonds is 9. The number of amides is 1. The average Bonchev–Trinajstić information content (AvgIpc) is 2.64. The van der Waals surface area contributed by atoms with E-state index in [1.807, 2.05) is 30.3 Å². The van der Waals surface area contributed by atoms with Crippen LogP contribution in [0, 0.1) is 0 Å². The molecule has 1 amide bonds. The first-order chi connectivity index (χ1) is 11.7. The van der Waals surface area contributed by atoms with Crippen LogP contribution in [0.25, 0.3) is 0 Å². The highest BCUT2D eigenvalue weighted by Crippen LogP contribution is 2.29. The quantitative estimate of drug-likeness (QED) is 0.527. The maximum atomic E-state index is 12.2. The molecule has 1 unspecified atom stereocenters. The molecule has 1 aliphatic rings. The zero-order valence-corrected chi connectivity index (χ0v) is 15.0. The van der Waals surface area contributed by atoms with Gasteiger partial charge in [0.05, 0.1) is 0 Å². The number of ether oxygens (including phenoxy) is 1. The Morgan fingerprint density at radius 3 is 2.88 bits per heavy atom. The van der Waals surface area contributed by atoms with Crippen LogP contribution in [0.1, 0.15) is 45.4 Å². The Labute approximate surface area is 148 Å². The zero-order chi connectivity index (χ0) is 17.2. The number of hydrogen-bond acceptors (Lipinski definition) is 5. The molecule has 6 heteroatoms. The molecule has 1 aromatic rings. The van der Waals surface area contributed by atoms with Gasteiger partial charge in [0.25, 0.3) is 5.91 Å². The summed E-state index contributed by atoms with van der Waals surface area (Å²) in [4.78, 5) is 18.5. The highest BCUT2D eigenvalue weighted by atomic mass is 32.2. The molecule has 0 saturated carbocycles. The number of benzene rings is 1. The van der Waals surface area contributed by atoms with Crippen LogP contribution >= 0.6 is 11.8 Å². The molecule has 2 N–H and O–H groups in total. The van der Waals surface area contributed by atoms with Gasteiger partial charge in [-0.2, -0.15) is 0 Å². The number of carbonyl (C=O) groups is 1. The highest BCUT2D eigenvalue weighted by Gasteiger charge is 2.28. The van der Waals surface area contributed by atoms with Crippen molar-refractivity contribution in [2.75, 3.05) is 6.61 Å². The van der Waals surface area contributed by atoms with Gasteiger partial charge in [-0.15, -0.1) is 11.8 Å². The van der Waals surface area contributed by atoms with Gasteiger partial charge in [0.1, 0.15) is 6.10 Å². The van der Waals surface area contributed by atoms with Crippen LogP contribution in [0.5, 0.6) is 0 Å². The zero-order valence-electron chi connectivity index (χ0n) is 14.1. The SMILES string of the molecule is CCCC[C@@H](Sc1ccccc1)[C@@H](O)C(=O)NOC1CCCCO1. The van der Waals surface area contributed by atoms with Crippen molar-refractivity contribution in [3.8, 4) is 0 Å². The molecule has 24 heavy (non-hydrogen) atoms. The van der Waals surface area contributed by atoms with Gasteiger partial charge in [-0.1, -0.05) is 38.0 Å². The maximum Gasteiger partial charge on any atom is 0.273 e. The fraction of sp³-hybridized carbons (Fsp3) is 0.611. The van der Waals surface area contributed by atoms with Crippen molar-refractivity contribution in [2.45, 2.75) is 68.0 Å². The van der Waals surface area contributed by atoms with E-state index in [1.54, 1.807) is 0 Å². The van der Waals surface area contributed by atoms with Crippen LogP contribution in [0.4, 0.5) is 0 Å². The van der Waals surface area contributed by atoms with Crippen molar-refractivity contribution in [3.05, 3.63) is 30.3 Å². The molecule has 1 aliphatic heterocycles. The fourth-order valence-electron chi connectivity index (χ4n) is 2.52. The number of thioether (sulfide) groups is 1. The minimum atomic E-state index is -1.12. The smallest absolute Gasteiger partial charge is 0.273 e. The Morgan fingerprint density at radius 2 is 2.21 bits per heavy atom. The molecule has 0 aromatic heterocycles. The van der Waals surface area contributed by atoms with E-state index in [4.69, 9.17) is 9.57 Å². The molecular weight excluding hydrogens is 326 g/mol. The van der Waals surface area contributed by atoms with Crippen LogP contribution in [-0.2, 0) is 14.4 Å². The van der Waals surface area contributed by atoms with Crippen LogP contribution < -0.4 is 5.48 Å². The van der Waals surface area contributed by atoms with E-state index in [2.05, 4.69) is 12.4 Å². The number of nitrogens with one attached hydrogen (secondary N) is 1. The molecular formula is C18H27NO4S. The molecule has 2 rings (SSSR count). The number of aliphatic hydroxyl groups is 1. The summed E-state index contributed by atoms with van der Waals surface area (Å²) in [5, 5.41) is 10.2. The average molecular weight is 353 g/mol. The summed E-state index contributed by atoms with van der Waals surface area (Å²) in [6, 6.07) is 9.83. The summed E-state index contributed by atoms with van der Waals surface area (Å²) < 4.78 is 5.41. The highest BCUT2D eigenvalue weighted by molar-refractivity contribution is 8.00. The topological polar surface area (TPSA) is 67.8 Å². The summed E-state index contributed by atoms with van der Waals surface area (Å²) in [5.41, 5.74) is 2.37. The molecule has 0 aliphatic carbocycles. The van der Waals surface area contributed by atoms with Gasteiger partial charge < -0.3 is 9.84 Å². The largest absolute Gasteiger partial charge is 0.382 e. The second kappa shape index (κ2) is 10.7. The Hall–Kier alpha value is -1.08. The number of hydroxylamine groups is 1. The Morgan fingerprint density at radius 1 is 1.42 bits per heavy atom.